The second-order valence-corrected chi connectivity index (χ2v) is 6.37. The molecule has 2 aliphatic heterocycles. The number of morpholine rings is 1. The molecule has 2 amide bonds. The van der Waals surface area contributed by atoms with Crippen LogP contribution in [0.4, 0.5) is 0 Å². The van der Waals surface area contributed by atoms with Gasteiger partial charge in [-0.2, -0.15) is 0 Å². The minimum Gasteiger partial charge on any atom is -0.479 e. The second-order valence-electron chi connectivity index (χ2n) is 6.37. The highest BCUT2D eigenvalue weighted by Gasteiger charge is 2.39. The summed E-state index contributed by atoms with van der Waals surface area (Å²) in [7, 11) is 0. The first-order valence-electron chi connectivity index (χ1n) is 8.40. The molecule has 7 nitrogen and oxygen atoms in total. The Hall–Kier alpha value is -1.63. The average Bonchev–Trinajstić information content (AvgIpc) is 2.53. The number of hydrogen-bond acceptors (Lipinski definition) is 4. The molecular weight excluding hydrogens is 300 g/mol. The van der Waals surface area contributed by atoms with Gasteiger partial charge in [-0.25, -0.2) is 4.79 Å². The van der Waals surface area contributed by atoms with E-state index in [9.17, 15) is 14.4 Å². The first-order chi connectivity index (χ1) is 10.9. The number of likely N-dealkylation sites (tertiary alicyclic amines) is 1. The number of piperidine rings is 1. The molecule has 0 radical (unpaired) electrons. The van der Waals surface area contributed by atoms with Crippen molar-refractivity contribution in [3.63, 3.8) is 0 Å². The van der Waals surface area contributed by atoms with Gasteiger partial charge in [0, 0.05) is 19.5 Å². The summed E-state index contributed by atoms with van der Waals surface area (Å²) in [5, 5.41) is 9.15. The summed E-state index contributed by atoms with van der Waals surface area (Å²) >= 11 is 0. The number of carbonyl (C=O) groups is 3. The van der Waals surface area contributed by atoms with Crippen LogP contribution >= 0.6 is 0 Å². The quantitative estimate of drug-likeness (QED) is 0.828. The molecule has 0 saturated carbocycles. The minimum atomic E-state index is -1.06. The molecule has 0 bridgehead atoms. The van der Waals surface area contributed by atoms with Gasteiger partial charge in [0.25, 0.3) is 0 Å². The minimum absolute atomic E-state index is 0.0154. The maximum absolute atomic E-state index is 12.9. The van der Waals surface area contributed by atoms with Crippen molar-refractivity contribution < 1.29 is 24.2 Å². The first kappa shape index (κ1) is 17.7. The molecule has 0 aliphatic carbocycles. The largest absolute Gasteiger partial charge is 0.479 e. The number of carboxylic acids is 1. The van der Waals surface area contributed by atoms with E-state index < -0.39 is 18.1 Å². The van der Waals surface area contributed by atoms with Crippen LogP contribution in [0.1, 0.15) is 46.0 Å². The number of carboxylic acid groups (broad SMARTS) is 1. The third-order valence-corrected chi connectivity index (χ3v) is 4.42. The molecule has 130 valence electrons. The van der Waals surface area contributed by atoms with Crippen LogP contribution in [-0.2, 0) is 19.1 Å². The molecule has 2 fully saturated rings. The lowest BCUT2D eigenvalue weighted by molar-refractivity contribution is -0.169. The van der Waals surface area contributed by atoms with E-state index in [-0.39, 0.29) is 24.5 Å². The summed E-state index contributed by atoms with van der Waals surface area (Å²) in [6.07, 6.45) is 2.36. The van der Waals surface area contributed by atoms with Gasteiger partial charge in [0.1, 0.15) is 6.04 Å². The fraction of sp³-hybridized carbons (Fsp3) is 0.812. The molecule has 2 saturated heterocycles. The smallest absolute Gasteiger partial charge is 0.334 e. The zero-order chi connectivity index (χ0) is 17.0. The van der Waals surface area contributed by atoms with Crippen LogP contribution in [0.15, 0.2) is 0 Å². The molecule has 1 N–H and O–H groups in total. The number of hydrogen-bond donors (Lipinski definition) is 1. The molecule has 0 spiro atoms. The molecule has 0 aromatic rings. The third kappa shape index (κ3) is 4.22. The van der Waals surface area contributed by atoms with Crippen LogP contribution in [0.25, 0.3) is 0 Å². The Morgan fingerprint density at radius 3 is 2.61 bits per heavy atom. The Bertz CT molecular complexity index is 467. The Labute approximate surface area is 136 Å². The summed E-state index contributed by atoms with van der Waals surface area (Å²) < 4.78 is 5.35. The number of nitrogens with zero attached hydrogens (tertiary/aromatic N) is 2. The molecule has 0 aromatic carbocycles. The van der Waals surface area contributed by atoms with Crippen molar-refractivity contribution in [1.82, 2.24) is 9.80 Å². The van der Waals surface area contributed by atoms with E-state index in [1.807, 2.05) is 6.92 Å². The van der Waals surface area contributed by atoms with Gasteiger partial charge in [-0.1, -0.05) is 6.92 Å². The van der Waals surface area contributed by atoms with Gasteiger partial charge < -0.3 is 19.6 Å². The maximum Gasteiger partial charge on any atom is 0.334 e. The Morgan fingerprint density at radius 2 is 1.96 bits per heavy atom. The van der Waals surface area contributed by atoms with Crippen LogP contribution in [0.3, 0.4) is 0 Å². The van der Waals surface area contributed by atoms with Crippen LogP contribution in [0, 0.1) is 0 Å². The fourth-order valence-electron chi connectivity index (χ4n) is 3.32. The normalized spacial score (nSPS) is 28.5. The molecule has 2 unspecified atom stereocenters. The number of ether oxygens (including phenoxy) is 1. The molecule has 2 aliphatic rings. The van der Waals surface area contributed by atoms with Crippen molar-refractivity contribution in [2.45, 2.75) is 64.2 Å². The van der Waals surface area contributed by atoms with E-state index in [1.165, 1.54) is 0 Å². The third-order valence-electron chi connectivity index (χ3n) is 4.42. The Morgan fingerprint density at radius 1 is 1.22 bits per heavy atom. The Kier molecular flexibility index (Phi) is 5.98. The zero-order valence-electron chi connectivity index (χ0n) is 13.9. The van der Waals surface area contributed by atoms with Crippen molar-refractivity contribution in [2.24, 2.45) is 0 Å². The van der Waals surface area contributed by atoms with Gasteiger partial charge in [0.2, 0.25) is 11.8 Å². The van der Waals surface area contributed by atoms with E-state index in [2.05, 4.69) is 0 Å². The van der Waals surface area contributed by atoms with E-state index >= 15 is 0 Å². The highest BCUT2D eigenvalue weighted by molar-refractivity contribution is 5.88. The van der Waals surface area contributed by atoms with E-state index in [0.29, 0.717) is 25.9 Å². The van der Waals surface area contributed by atoms with Gasteiger partial charge in [-0.05, 0) is 32.6 Å². The predicted molar refractivity (Wildman–Crippen MR) is 82.8 cm³/mol. The SMILES string of the molecule is CCCC(=O)N1CCCCC1C(=O)N1CC(C(=O)O)O[C@H](C)C1. The molecular formula is C16H26N2O5. The molecule has 0 aromatic heterocycles. The number of amides is 2. The van der Waals surface area contributed by atoms with E-state index in [1.54, 1.807) is 16.7 Å². The molecule has 2 rings (SSSR count). The summed E-state index contributed by atoms with van der Waals surface area (Å²) in [6, 6.07) is -0.456. The predicted octanol–water partition coefficient (Wildman–Crippen LogP) is 0.868. The lowest BCUT2D eigenvalue weighted by Crippen LogP contribution is -2.58. The lowest BCUT2D eigenvalue weighted by Gasteiger charge is -2.41. The second kappa shape index (κ2) is 7.77. The Balaban J connectivity index is 2.09. The van der Waals surface area contributed by atoms with Crippen molar-refractivity contribution in [3.05, 3.63) is 0 Å². The van der Waals surface area contributed by atoms with Gasteiger partial charge in [0.15, 0.2) is 6.10 Å². The van der Waals surface area contributed by atoms with Crippen molar-refractivity contribution >= 4 is 17.8 Å². The highest BCUT2D eigenvalue weighted by Crippen LogP contribution is 2.22. The van der Waals surface area contributed by atoms with Crippen LogP contribution < -0.4 is 0 Å². The van der Waals surface area contributed by atoms with Gasteiger partial charge in [0.05, 0.1) is 12.6 Å². The summed E-state index contributed by atoms with van der Waals surface area (Å²) in [6.45, 7) is 4.73. The average molecular weight is 326 g/mol. The number of aliphatic carboxylic acids is 1. The lowest BCUT2D eigenvalue weighted by atomic mass is 9.99. The molecule has 7 heteroatoms. The van der Waals surface area contributed by atoms with Crippen LogP contribution in [-0.4, -0.2) is 70.6 Å². The number of rotatable bonds is 4. The van der Waals surface area contributed by atoms with Gasteiger partial charge >= 0.3 is 5.97 Å². The van der Waals surface area contributed by atoms with Gasteiger partial charge in [-0.15, -0.1) is 0 Å². The maximum atomic E-state index is 12.9. The van der Waals surface area contributed by atoms with E-state index in [4.69, 9.17) is 9.84 Å². The highest BCUT2D eigenvalue weighted by atomic mass is 16.5. The first-order valence-corrected chi connectivity index (χ1v) is 8.40. The molecule has 23 heavy (non-hydrogen) atoms. The van der Waals surface area contributed by atoms with Crippen molar-refractivity contribution in [2.75, 3.05) is 19.6 Å². The monoisotopic (exact) mass is 326 g/mol. The molecule has 2 heterocycles. The summed E-state index contributed by atoms with van der Waals surface area (Å²) in [4.78, 5) is 39.5. The van der Waals surface area contributed by atoms with Gasteiger partial charge in [-0.3, -0.25) is 9.59 Å². The van der Waals surface area contributed by atoms with E-state index in [0.717, 1.165) is 19.3 Å². The molecule has 3 atom stereocenters. The topological polar surface area (TPSA) is 87.2 Å². The summed E-state index contributed by atoms with van der Waals surface area (Å²) in [5.74, 6) is -1.19. The van der Waals surface area contributed by atoms with Crippen molar-refractivity contribution in [1.29, 1.82) is 0 Å². The van der Waals surface area contributed by atoms with Crippen molar-refractivity contribution in [3.8, 4) is 0 Å². The van der Waals surface area contributed by atoms with Crippen LogP contribution in [0.2, 0.25) is 0 Å². The summed E-state index contributed by atoms with van der Waals surface area (Å²) in [5.41, 5.74) is 0. The number of carbonyl (C=O) groups excluding carboxylic acids is 2. The standard InChI is InChI=1S/C16H26N2O5/c1-3-6-14(19)18-8-5-4-7-12(18)15(20)17-9-11(2)23-13(10-17)16(21)22/h11-13H,3-10H2,1-2H3,(H,21,22)/t11-,12?,13?/m1/s1. The zero-order valence-corrected chi connectivity index (χ0v) is 13.9. The fourth-order valence-corrected chi connectivity index (χ4v) is 3.32. The van der Waals surface area contributed by atoms with Crippen LogP contribution in [0.5, 0.6) is 0 Å².